The molecule has 1 amide bonds. The monoisotopic (exact) mass is 325 g/mol. The van der Waals surface area contributed by atoms with Crippen LogP contribution in [-0.2, 0) is 4.79 Å². The molecule has 2 rings (SSSR count). The number of carbonyl (C=O) groups is 1. The third-order valence-corrected chi connectivity index (χ3v) is 4.34. The molecule has 1 aromatic carbocycles. The van der Waals surface area contributed by atoms with Crippen molar-refractivity contribution in [3.05, 3.63) is 34.3 Å². The molecule has 2 N–H and O–H groups in total. The predicted molar refractivity (Wildman–Crippen MR) is 79.0 cm³/mol. The highest BCUT2D eigenvalue weighted by Gasteiger charge is 2.23. The van der Waals surface area contributed by atoms with Crippen LogP contribution in [0.15, 0.2) is 28.7 Å². The zero-order valence-electron chi connectivity index (χ0n) is 11.1. The van der Waals surface area contributed by atoms with E-state index in [0.29, 0.717) is 0 Å². The molecule has 0 aliphatic heterocycles. The summed E-state index contributed by atoms with van der Waals surface area (Å²) in [5.74, 6) is -0.0661. The third-order valence-electron chi connectivity index (χ3n) is 3.81. The van der Waals surface area contributed by atoms with Crippen LogP contribution in [-0.4, -0.2) is 23.2 Å². The van der Waals surface area contributed by atoms with Crippen molar-refractivity contribution in [2.24, 2.45) is 0 Å². The number of hydrogen-bond donors (Lipinski definition) is 2. The van der Waals surface area contributed by atoms with E-state index in [-0.39, 0.29) is 24.0 Å². The van der Waals surface area contributed by atoms with Gasteiger partial charge in [0.25, 0.3) is 0 Å². The van der Waals surface area contributed by atoms with Gasteiger partial charge in [0.1, 0.15) is 0 Å². The minimum Gasteiger partial charge on any atom is -0.393 e. The minimum absolute atomic E-state index is 0.0729. The Morgan fingerprint density at radius 3 is 2.42 bits per heavy atom. The van der Waals surface area contributed by atoms with Gasteiger partial charge in [-0.3, -0.25) is 4.79 Å². The fraction of sp³-hybridized carbons (Fsp3) is 0.533. The van der Waals surface area contributed by atoms with Gasteiger partial charge in [-0.15, -0.1) is 0 Å². The van der Waals surface area contributed by atoms with Crippen LogP contribution in [0.3, 0.4) is 0 Å². The zero-order chi connectivity index (χ0) is 13.8. The van der Waals surface area contributed by atoms with Gasteiger partial charge in [-0.05, 0) is 50.3 Å². The van der Waals surface area contributed by atoms with Crippen LogP contribution in [0.1, 0.15) is 44.1 Å². The fourth-order valence-corrected chi connectivity index (χ4v) is 2.71. The van der Waals surface area contributed by atoms with Crippen molar-refractivity contribution in [3.8, 4) is 0 Å². The number of aliphatic hydroxyl groups excluding tert-OH is 1. The van der Waals surface area contributed by atoms with Crippen LogP contribution in [0.5, 0.6) is 0 Å². The molecule has 0 radical (unpaired) electrons. The maximum atomic E-state index is 12.2. The molecule has 0 aromatic heterocycles. The van der Waals surface area contributed by atoms with Crippen LogP contribution >= 0.6 is 15.9 Å². The van der Waals surface area contributed by atoms with Crippen LogP contribution < -0.4 is 5.32 Å². The summed E-state index contributed by atoms with van der Waals surface area (Å²) < 4.78 is 1.02. The average Bonchev–Trinajstić information content (AvgIpc) is 2.41. The molecule has 4 heteroatoms. The highest BCUT2D eigenvalue weighted by Crippen LogP contribution is 2.21. The summed E-state index contributed by atoms with van der Waals surface area (Å²) in [5.41, 5.74) is 1.02. The smallest absolute Gasteiger partial charge is 0.227 e. The normalized spacial score (nSPS) is 24.8. The summed E-state index contributed by atoms with van der Waals surface area (Å²) >= 11 is 3.39. The fourth-order valence-electron chi connectivity index (χ4n) is 2.45. The van der Waals surface area contributed by atoms with Crippen molar-refractivity contribution in [1.82, 2.24) is 5.32 Å². The van der Waals surface area contributed by atoms with E-state index in [1.165, 1.54) is 0 Å². The number of carbonyl (C=O) groups excluding carboxylic acids is 1. The maximum absolute atomic E-state index is 12.2. The molecule has 1 saturated carbocycles. The number of hydrogen-bond acceptors (Lipinski definition) is 2. The summed E-state index contributed by atoms with van der Waals surface area (Å²) in [4.78, 5) is 12.2. The quantitative estimate of drug-likeness (QED) is 0.897. The van der Waals surface area contributed by atoms with Gasteiger partial charge in [0.2, 0.25) is 5.91 Å². The van der Waals surface area contributed by atoms with E-state index in [4.69, 9.17) is 0 Å². The molecule has 0 saturated heterocycles. The summed E-state index contributed by atoms with van der Waals surface area (Å²) in [6, 6.07) is 8.07. The van der Waals surface area contributed by atoms with Gasteiger partial charge in [0, 0.05) is 10.5 Å². The van der Waals surface area contributed by atoms with Crippen LogP contribution in [0, 0.1) is 0 Å². The Labute approximate surface area is 122 Å². The zero-order valence-corrected chi connectivity index (χ0v) is 12.7. The van der Waals surface area contributed by atoms with Crippen molar-refractivity contribution in [1.29, 1.82) is 0 Å². The first-order chi connectivity index (χ1) is 9.06. The van der Waals surface area contributed by atoms with Gasteiger partial charge in [0.05, 0.1) is 12.0 Å². The van der Waals surface area contributed by atoms with Gasteiger partial charge < -0.3 is 10.4 Å². The lowest BCUT2D eigenvalue weighted by atomic mass is 9.92. The SMILES string of the molecule is CC(C(=O)NC1CCC(O)CC1)c1ccc(Br)cc1. The van der Waals surface area contributed by atoms with Crippen molar-refractivity contribution >= 4 is 21.8 Å². The van der Waals surface area contributed by atoms with E-state index in [2.05, 4.69) is 21.2 Å². The van der Waals surface area contributed by atoms with Gasteiger partial charge in [-0.2, -0.15) is 0 Å². The van der Waals surface area contributed by atoms with Crippen LogP contribution in [0.25, 0.3) is 0 Å². The second-order valence-electron chi connectivity index (χ2n) is 5.29. The van der Waals surface area contributed by atoms with E-state index in [0.717, 1.165) is 35.7 Å². The highest BCUT2D eigenvalue weighted by atomic mass is 79.9. The molecule has 104 valence electrons. The van der Waals surface area contributed by atoms with Gasteiger partial charge in [0.15, 0.2) is 0 Å². The van der Waals surface area contributed by atoms with Crippen LogP contribution in [0.4, 0.5) is 0 Å². The van der Waals surface area contributed by atoms with E-state index in [1.54, 1.807) is 0 Å². The van der Waals surface area contributed by atoms with Gasteiger partial charge in [-0.1, -0.05) is 28.1 Å². The second-order valence-corrected chi connectivity index (χ2v) is 6.20. The molecule has 1 aromatic rings. The lowest BCUT2D eigenvalue weighted by molar-refractivity contribution is -0.123. The number of nitrogens with one attached hydrogen (secondary N) is 1. The molecule has 1 aliphatic rings. The Bertz CT molecular complexity index is 424. The highest BCUT2D eigenvalue weighted by molar-refractivity contribution is 9.10. The van der Waals surface area contributed by atoms with Gasteiger partial charge in [-0.25, -0.2) is 0 Å². The predicted octanol–water partition coefficient (Wildman–Crippen LogP) is 2.97. The van der Waals surface area contributed by atoms with Crippen molar-refractivity contribution in [2.75, 3.05) is 0 Å². The Kier molecular flexibility index (Phi) is 4.99. The molecule has 3 nitrogen and oxygen atoms in total. The largest absolute Gasteiger partial charge is 0.393 e. The first-order valence-corrected chi connectivity index (χ1v) is 7.59. The Balaban J connectivity index is 1.90. The van der Waals surface area contributed by atoms with E-state index in [1.807, 2.05) is 31.2 Å². The van der Waals surface area contributed by atoms with Crippen molar-refractivity contribution in [3.63, 3.8) is 0 Å². The number of amides is 1. The molecule has 19 heavy (non-hydrogen) atoms. The standard InChI is InChI=1S/C15H20BrNO2/c1-10(11-2-4-12(16)5-3-11)15(19)17-13-6-8-14(18)9-7-13/h2-5,10,13-14,18H,6-9H2,1H3,(H,17,19). The first-order valence-electron chi connectivity index (χ1n) is 6.80. The lowest BCUT2D eigenvalue weighted by Crippen LogP contribution is -2.40. The molecular weight excluding hydrogens is 306 g/mol. The summed E-state index contributed by atoms with van der Waals surface area (Å²) in [7, 11) is 0. The van der Waals surface area contributed by atoms with E-state index < -0.39 is 0 Å². The minimum atomic E-state index is -0.183. The number of halogens is 1. The van der Waals surface area contributed by atoms with Crippen molar-refractivity contribution < 1.29 is 9.90 Å². The second kappa shape index (κ2) is 6.53. The third kappa shape index (κ3) is 4.05. The summed E-state index contributed by atoms with van der Waals surface area (Å²) in [5, 5.41) is 12.5. The van der Waals surface area contributed by atoms with Crippen LogP contribution in [0.2, 0.25) is 0 Å². The molecule has 0 spiro atoms. The average molecular weight is 326 g/mol. The Morgan fingerprint density at radius 1 is 1.26 bits per heavy atom. The Morgan fingerprint density at radius 2 is 1.84 bits per heavy atom. The number of rotatable bonds is 3. The van der Waals surface area contributed by atoms with Crippen molar-refractivity contribution in [2.45, 2.75) is 50.7 Å². The summed E-state index contributed by atoms with van der Waals surface area (Å²) in [6.07, 6.45) is 3.15. The molecular formula is C15H20BrNO2. The van der Waals surface area contributed by atoms with Gasteiger partial charge >= 0.3 is 0 Å². The Hall–Kier alpha value is -0.870. The number of benzene rings is 1. The summed E-state index contributed by atoms with van der Waals surface area (Å²) in [6.45, 7) is 1.93. The lowest BCUT2D eigenvalue weighted by Gasteiger charge is -2.27. The topological polar surface area (TPSA) is 49.3 Å². The number of aliphatic hydroxyl groups is 1. The maximum Gasteiger partial charge on any atom is 0.227 e. The first kappa shape index (κ1) is 14.5. The molecule has 0 heterocycles. The van der Waals surface area contributed by atoms with E-state index >= 15 is 0 Å². The molecule has 1 atom stereocenters. The molecule has 0 bridgehead atoms. The molecule has 1 fully saturated rings. The molecule has 1 unspecified atom stereocenters. The van der Waals surface area contributed by atoms with E-state index in [9.17, 15) is 9.90 Å². The molecule has 1 aliphatic carbocycles.